The molecule has 3 aliphatic heterocycles. The lowest BCUT2D eigenvalue weighted by Crippen LogP contribution is -2.57. The minimum atomic E-state index is -0.157. The van der Waals surface area contributed by atoms with Crippen LogP contribution in [0.15, 0.2) is 54.7 Å². The minimum Gasteiger partial charge on any atom is -0.348 e. The van der Waals surface area contributed by atoms with E-state index in [1.807, 2.05) is 24.4 Å². The van der Waals surface area contributed by atoms with Gasteiger partial charge in [-0.3, -0.25) is 9.59 Å². The third-order valence-corrected chi connectivity index (χ3v) is 6.45. The molecular weight excluding hydrogens is 421 g/mol. The van der Waals surface area contributed by atoms with E-state index in [9.17, 15) is 9.59 Å². The van der Waals surface area contributed by atoms with Gasteiger partial charge in [0.15, 0.2) is 0 Å². The molecule has 0 unspecified atom stereocenters. The van der Waals surface area contributed by atoms with Crippen LogP contribution < -0.4 is 5.32 Å². The van der Waals surface area contributed by atoms with Crippen LogP contribution in [0, 0.1) is 5.92 Å². The monoisotopic (exact) mass is 443 g/mol. The Bertz CT molecular complexity index is 1100. The Hall–Kier alpha value is -2.34. The summed E-state index contributed by atoms with van der Waals surface area (Å²) in [4.78, 5) is 28.7. The highest BCUT2D eigenvalue weighted by Crippen LogP contribution is 2.28. The van der Waals surface area contributed by atoms with Crippen LogP contribution in [0.4, 0.5) is 0 Å². The first-order valence-corrected chi connectivity index (χ1v) is 10.4. The summed E-state index contributed by atoms with van der Waals surface area (Å²) in [6.45, 7) is 3.17. The van der Waals surface area contributed by atoms with Gasteiger partial charge in [0.05, 0.1) is 16.8 Å². The zero-order valence-electron chi connectivity index (χ0n) is 16.4. The highest BCUT2D eigenvalue weighted by molar-refractivity contribution is 6.31. The van der Waals surface area contributed by atoms with Gasteiger partial charge in [-0.1, -0.05) is 29.8 Å². The predicted octanol–water partition coefficient (Wildman–Crippen LogP) is 4.07. The first-order valence-electron chi connectivity index (χ1n) is 10.0. The SMILES string of the molecule is Cl.O=C(N[C@H]1CN2CCC1CC2)c1cc(C(=O)c2cccc(Cl)c2)n2ccccc12. The van der Waals surface area contributed by atoms with E-state index in [-0.39, 0.29) is 30.1 Å². The Morgan fingerprint density at radius 3 is 2.53 bits per heavy atom. The number of hydrogen-bond donors (Lipinski definition) is 1. The molecule has 0 aliphatic carbocycles. The quantitative estimate of drug-likeness (QED) is 0.618. The fourth-order valence-corrected chi connectivity index (χ4v) is 4.85. The van der Waals surface area contributed by atoms with Crippen LogP contribution in [-0.2, 0) is 0 Å². The molecule has 3 saturated heterocycles. The van der Waals surface area contributed by atoms with Crippen LogP contribution >= 0.6 is 24.0 Å². The molecule has 156 valence electrons. The van der Waals surface area contributed by atoms with Gasteiger partial charge in [-0.25, -0.2) is 0 Å². The van der Waals surface area contributed by atoms with Gasteiger partial charge in [0.1, 0.15) is 0 Å². The Morgan fingerprint density at radius 2 is 1.83 bits per heavy atom. The highest BCUT2D eigenvalue weighted by Gasteiger charge is 2.35. The van der Waals surface area contributed by atoms with Crippen molar-refractivity contribution in [2.75, 3.05) is 19.6 Å². The topological polar surface area (TPSA) is 53.8 Å². The third kappa shape index (κ3) is 3.73. The number of fused-ring (bicyclic) bond motifs is 4. The number of carbonyl (C=O) groups is 2. The number of rotatable bonds is 4. The molecule has 1 amide bonds. The summed E-state index contributed by atoms with van der Waals surface area (Å²) in [5.41, 5.74) is 2.23. The fraction of sp³-hybridized carbons (Fsp3) is 0.304. The van der Waals surface area contributed by atoms with Gasteiger partial charge in [0.25, 0.3) is 5.91 Å². The number of nitrogens with zero attached hydrogens (tertiary/aromatic N) is 2. The number of halogens is 2. The van der Waals surface area contributed by atoms with Crippen LogP contribution in [0.1, 0.15) is 39.3 Å². The molecule has 0 spiro atoms. The number of aromatic nitrogens is 1. The van der Waals surface area contributed by atoms with E-state index >= 15 is 0 Å². The number of benzene rings is 1. The Labute approximate surface area is 186 Å². The zero-order chi connectivity index (χ0) is 20.0. The lowest BCUT2D eigenvalue weighted by Gasteiger charge is -2.44. The van der Waals surface area contributed by atoms with E-state index in [2.05, 4.69) is 10.2 Å². The van der Waals surface area contributed by atoms with Crippen molar-refractivity contribution in [1.29, 1.82) is 0 Å². The number of amides is 1. The van der Waals surface area contributed by atoms with Crippen molar-refractivity contribution in [2.24, 2.45) is 5.92 Å². The first-order chi connectivity index (χ1) is 14.1. The molecule has 1 aromatic carbocycles. The molecule has 7 heteroatoms. The Kier molecular flexibility index (Phi) is 5.87. The summed E-state index contributed by atoms with van der Waals surface area (Å²) in [5, 5.41) is 3.74. The smallest absolute Gasteiger partial charge is 0.253 e. The lowest BCUT2D eigenvalue weighted by molar-refractivity contribution is 0.0621. The largest absolute Gasteiger partial charge is 0.348 e. The van der Waals surface area contributed by atoms with Gasteiger partial charge in [0.2, 0.25) is 5.78 Å². The number of hydrogen-bond acceptors (Lipinski definition) is 3. The van der Waals surface area contributed by atoms with E-state index in [0.29, 0.717) is 27.8 Å². The Balaban J connectivity index is 0.00000218. The van der Waals surface area contributed by atoms with E-state index in [1.165, 1.54) is 0 Å². The molecule has 3 fully saturated rings. The number of carbonyl (C=O) groups excluding carboxylic acids is 2. The summed E-state index contributed by atoms with van der Waals surface area (Å²) in [6.07, 6.45) is 4.10. The van der Waals surface area contributed by atoms with Gasteiger partial charge in [0, 0.05) is 29.4 Å². The molecule has 1 atom stereocenters. The van der Waals surface area contributed by atoms with Crippen molar-refractivity contribution < 1.29 is 9.59 Å². The standard InChI is InChI=1S/C23H22ClN3O2.ClH/c24-17-5-3-4-16(12-17)22(28)21-13-18(20-6-1-2-9-27(20)21)23(29)25-19-14-26-10-7-15(19)8-11-26;/h1-6,9,12-13,15,19H,7-8,10-11,14H2,(H,25,29);1H/t19-;/m0./s1. The van der Waals surface area contributed by atoms with E-state index < -0.39 is 0 Å². The van der Waals surface area contributed by atoms with Crippen LogP contribution in [0.2, 0.25) is 5.02 Å². The maximum Gasteiger partial charge on any atom is 0.253 e. The van der Waals surface area contributed by atoms with Crippen LogP contribution in [0.3, 0.4) is 0 Å². The number of ketones is 1. The van der Waals surface area contributed by atoms with Crippen LogP contribution in [0.5, 0.6) is 0 Å². The van der Waals surface area contributed by atoms with Crippen LogP contribution in [0.25, 0.3) is 5.52 Å². The predicted molar refractivity (Wildman–Crippen MR) is 120 cm³/mol. The average Bonchev–Trinajstić information content (AvgIpc) is 3.14. The highest BCUT2D eigenvalue weighted by atomic mass is 35.5. The van der Waals surface area contributed by atoms with E-state index in [4.69, 9.17) is 11.6 Å². The Morgan fingerprint density at radius 1 is 1.03 bits per heavy atom. The second kappa shape index (κ2) is 8.42. The maximum absolute atomic E-state index is 13.2. The van der Waals surface area contributed by atoms with Gasteiger partial charge in [-0.2, -0.15) is 0 Å². The van der Waals surface area contributed by atoms with Gasteiger partial charge < -0.3 is 14.6 Å². The van der Waals surface area contributed by atoms with Crippen molar-refractivity contribution in [3.63, 3.8) is 0 Å². The zero-order valence-corrected chi connectivity index (χ0v) is 18.0. The molecule has 2 aromatic heterocycles. The fourth-order valence-electron chi connectivity index (χ4n) is 4.66. The third-order valence-electron chi connectivity index (χ3n) is 6.21. The van der Waals surface area contributed by atoms with Crippen molar-refractivity contribution in [1.82, 2.24) is 14.6 Å². The first kappa shape index (κ1) is 20.9. The van der Waals surface area contributed by atoms with Crippen LogP contribution in [-0.4, -0.2) is 46.7 Å². The molecule has 3 aromatic rings. The molecule has 5 nitrogen and oxygen atoms in total. The molecule has 6 rings (SSSR count). The van der Waals surface area contributed by atoms with Crippen molar-refractivity contribution >= 4 is 41.2 Å². The van der Waals surface area contributed by atoms with Crippen molar-refractivity contribution in [3.05, 3.63) is 76.6 Å². The lowest BCUT2D eigenvalue weighted by atomic mass is 9.84. The second-order valence-corrected chi connectivity index (χ2v) is 8.39. The summed E-state index contributed by atoms with van der Waals surface area (Å²) < 4.78 is 1.79. The number of pyridine rings is 1. The maximum atomic E-state index is 13.2. The molecule has 1 N–H and O–H groups in total. The van der Waals surface area contributed by atoms with Crippen molar-refractivity contribution in [2.45, 2.75) is 18.9 Å². The number of piperidine rings is 3. The summed E-state index contributed by atoms with van der Waals surface area (Å²) in [7, 11) is 0. The summed E-state index contributed by atoms with van der Waals surface area (Å²) in [6, 6.07) is 14.4. The molecular formula is C23H23Cl2N3O2. The van der Waals surface area contributed by atoms with E-state index in [0.717, 1.165) is 38.0 Å². The average molecular weight is 444 g/mol. The summed E-state index contributed by atoms with van der Waals surface area (Å²) >= 11 is 6.06. The molecule has 3 aliphatic rings. The van der Waals surface area contributed by atoms with Gasteiger partial charge >= 0.3 is 0 Å². The second-order valence-electron chi connectivity index (χ2n) is 7.96. The summed E-state index contributed by atoms with van der Waals surface area (Å²) in [5.74, 6) is 0.276. The van der Waals surface area contributed by atoms with Gasteiger partial charge in [-0.15, -0.1) is 12.4 Å². The molecule has 5 heterocycles. The normalized spacial score (nSPS) is 22.5. The number of nitrogens with one attached hydrogen (secondary N) is 1. The molecule has 0 radical (unpaired) electrons. The molecule has 2 bridgehead atoms. The van der Waals surface area contributed by atoms with E-state index in [1.54, 1.807) is 34.7 Å². The molecule has 0 saturated carbocycles. The molecule has 30 heavy (non-hydrogen) atoms. The van der Waals surface area contributed by atoms with Crippen molar-refractivity contribution in [3.8, 4) is 0 Å². The van der Waals surface area contributed by atoms with Gasteiger partial charge in [-0.05, 0) is 62.2 Å². The minimum absolute atomic E-state index is 0.